The zero-order chi connectivity index (χ0) is 37.3. The van der Waals surface area contributed by atoms with E-state index in [1.807, 2.05) is 0 Å². The van der Waals surface area contributed by atoms with Crippen LogP contribution in [0.5, 0.6) is 0 Å². The molecule has 0 amide bonds. The third-order valence-electron chi connectivity index (χ3n) is 10.8. The highest BCUT2D eigenvalue weighted by atomic mass is 15.1. The van der Waals surface area contributed by atoms with Gasteiger partial charge in [0.15, 0.2) is 0 Å². The quantitative estimate of drug-likeness (QED) is 0.152. The van der Waals surface area contributed by atoms with Crippen LogP contribution >= 0.6 is 0 Å². The normalized spacial score (nSPS) is 11.2. The predicted molar refractivity (Wildman–Crippen MR) is 237 cm³/mol. The lowest BCUT2D eigenvalue weighted by atomic mass is 9.98. The van der Waals surface area contributed by atoms with Gasteiger partial charge in [-0.2, -0.15) is 0 Å². The number of benzene rings is 9. The smallest absolute Gasteiger partial charge is 0.0562 e. The predicted octanol–water partition coefficient (Wildman–Crippen LogP) is 14.9. The van der Waals surface area contributed by atoms with E-state index >= 15 is 0 Å². The standard InChI is InChI=1S/C54H38N2/c1-4-14-39(15-5-1)42-26-32-47(33-27-42)55(48-34-30-44(31-35-48)46-21-12-20-45(38-46)41-18-8-3-9-19-41)52-24-13-25-53-54(52)50-22-10-11-23-51(50)56(53)49-36-28-43(29-37-49)40-16-6-2-7-17-40/h1-38H. The van der Waals surface area contributed by atoms with Gasteiger partial charge in [-0.05, 0) is 105 Å². The summed E-state index contributed by atoms with van der Waals surface area (Å²) in [7, 11) is 0. The molecule has 0 aliphatic rings. The number of fused-ring (bicyclic) bond motifs is 3. The molecule has 0 bridgehead atoms. The minimum absolute atomic E-state index is 1.09. The Labute approximate surface area is 327 Å². The maximum atomic E-state index is 2.41. The highest BCUT2D eigenvalue weighted by Gasteiger charge is 2.21. The van der Waals surface area contributed by atoms with E-state index in [4.69, 9.17) is 0 Å². The summed E-state index contributed by atoms with van der Waals surface area (Å²) in [6, 6.07) is 83.0. The zero-order valence-corrected chi connectivity index (χ0v) is 30.8. The van der Waals surface area contributed by atoms with Crippen LogP contribution in [0.2, 0.25) is 0 Å². The molecule has 1 heterocycles. The third-order valence-corrected chi connectivity index (χ3v) is 10.8. The largest absolute Gasteiger partial charge is 0.310 e. The molecule has 2 heteroatoms. The fraction of sp³-hybridized carbons (Fsp3) is 0. The van der Waals surface area contributed by atoms with Crippen molar-refractivity contribution in [3.8, 4) is 50.2 Å². The van der Waals surface area contributed by atoms with Crippen molar-refractivity contribution in [1.82, 2.24) is 4.57 Å². The van der Waals surface area contributed by atoms with Gasteiger partial charge >= 0.3 is 0 Å². The number of hydrogen-bond donors (Lipinski definition) is 0. The minimum atomic E-state index is 1.09. The summed E-state index contributed by atoms with van der Waals surface area (Å²) in [4.78, 5) is 2.41. The van der Waals surface area contributed by atoms with E-state index in [0.29, 0.717) is 0 Å². The Kier molecular flexibility index (Phi) is 8.55. The summed E-state index contributed by atoms with van der Waals surface area (Å²) >= 11 is 0. The number of rotatable bonds is 8. The first-order chi connectivity index (χ1) is 27.8. The number of nitrogens with zero attached hydrogens (tertiary/aromatic N) is 2. The van der Waals surface area contributed by atoms with Gasteiger partial charge in [0.2, 0.25) is 0 Å². The molecule has 56 heavy (non-hydrogen) atoms. The van der Waals surface area contributed by atoms with Gasteiger partial charge in [-0.3, -0.25) is 0 Å². The molecule has 264 valence electrons. The van der Waals surface area contributed by atoms with Crippen LogP contribution in [0.4, 0.5) is 17.1 Å². The molecule has 0 saturated heterocycles. The van der Waals surface area contributed by atoms with Crippen LogP contribution in [0.1, 0.15) is 0 Å². The molecular formula is C54H38N2. The molecule has 0 spiro atoms. The van der Waals surface area contributed by atoms with Crippen molar-refractivity contribution in [2.75, 3.05) is 4.90 Å². The van der Waals surface area contributed by atoms with Crippen molar-refractivity contribution in [2.24, 2.45) is 0 Å². The lowest BCUT2D eigenvalue weighted by Crippen LogP contribution is -2.10. The molecule has 1 aromatic heterocycles. The maximum Gasteiger partial charge on any atom is 0.0562 e. The van der Waals surface area contributed by atoms with E-state index < -0.39 is 0 Å². The highest BCUT2D eigenvalue weighted by Crippen LogP contribution is 2.44. The minimum Gasteiger partial charge on any atom is -0.310 e. The molecule has 2 nitrogen and oxygen atoms in total. The van der Waals surface area contributed by atoms with Crippen molar-refractivity contribution in [3.63, 3.8) is 0 Å². The maximum absolute atomic E-state index is 2.41. The van der Waals surface area contributed by atoms with Crippen LogP contribution in [0.15, 0.2) is 231 Å². The molecular weight excluding hydrogens is 677 g/mol. The van der Waals surface area contributed by atoms with Gasteiger partial charge < -0.3 is 9.47 Å². The molecule has 0 unspecified atom stereocenters. The number of aromatic nitrogens is 1. The van der Waals surface area contributed by atoms with Crippen molar-refractivity contribution in [1.29, 1.82) is 0 Å². The topological polar surface area (TPSA) is 8.17 Å². The number of anilines is 3. The molecule has 0 atom stereocenters. The summed E-state index contributed by atoms with van der Waals surface area (Å²) in [6.07, 6.45) is 0. The molecule has 10 aromatic rings. The molecule has 0 radical (unpaired) electrons. The lowest BCUT2D eigenvalue weighted by molar-refractivity contribution is 1.18. The van der Waals surface area contributed by atoms with Crippen LogP contribution < -0.4 is 4.90 Å². The third kappa shape index (κ3) is 6.14. The summed E-state index contributed by atoms with van der Waals surface area (Å²) in [5, 5.41) is 2.42. The van der Waals surface area contributed by atoms with Gasteiger partial charge in [-0.25, -0.2) is 0 Å². The highest BCUT2D eigenvalue weighted by molar-refractivity contribution is 6.16. The van der Waals surface area contributed by atoms with Gasteiger partial charge in [-0.15, -0.1) is 0 Å². The Morgan fingerprint density at radius 3 is 1.23 bits per heavy atom. The Balaban J connectivity index is 1.12. The first kappa shape index (κ1) is 33.2. The summed E-state index contributed by atoms with van der Waals surface area (Å²) < 4.78 is 2.41. The van der Waals surface area contributed by atoms with Crippen LogP contribution in [-0.2, 0) is 0 Å². The second-order valence-electron chi connectivity index (χ2n) is 14.2. The Morgan fingerprint density at radius 1 is 0.286 bits per heavy atom. The van der Waals surface area contributed by atoms with E-state index in [9.17, 15) is 0 Å². The van der Waals surface area contributed by atoms with Gasteiger partial charge in [0.05, 0.1) is 16.7 Å². The van der Waals surface area contributed by atoms with Crippen LogP contribution in [0, 0.1) is 0 Å². The summed E-state index contributed by atoms with van der Waals surface area (Å²) in [5.74, 6) is 0. The Hall–Kier alpha value is -7.42. The van der Waals surface area contributed by atoms with Gasteiger partial charge in [-0.1, -0.05) is 170 Å². The fourth-order valence-electron chi connectivity index (χ4n) is 8.07. The SMILES string of the molecule is c1ccc(-c2ccc(N(c3ccc(-c4cccc(-c5ccccc5)c4)cc3)c3cccc4c3c3ccccc3n4-c3ccc(-c4ccccc4)cc3)cc2)cc1. The average molecular weight is 715 g/mol. The number of hydrogen-bond acceptors (Lipinski definition) is 1. The summed E-state index contributed by atoms with van der Waals surface area (Å²) in [6.45, 7) is 0. The van der Waals surface area contributed by atoms with Gasteiger partial charge in [0.25, 0.3) is 0 Å². The van der Waals surface area contributed by atoms with Crippen LogP contribution in [0.3, 0.4) is 0 Å². The van der Waals surface area contributed by atoms with E-state index in [2.05, 4.69) is 240 Å². The summed E-state index contributed by atoms with van der Waals surface area (Å²) in [5.41, 5.74) is 16.4. The van der Waals surface area contributed by atoms with E-state index in [-0.39, 0.29) is 0 Å². The van der Waals surface area contributed by atoms with E-state index in [0.717, 1.165) is 28.3 Å². The Morgan fingerprint density at radius 2 is 0.679 bits per heavy atom. The van der Waals surface area contributed by atoms with Gasteiger partial charge in [0.1, 0.15) is 0 Å². The monoisotopic (exact) mass is 714 g/mol. The van der Waals surface area contributed by atoms with Crippen LogP contribution in [-0.4, -0.2) is 4.57 Å². The first-order valence-electron chi connectivity index (χ1n) is 19.2. The van der Waals surface area contributed by atoms with E-state index in [1.165, 1.54) is 60.8 Å². The molecule has 9 aromatic carbocycles. The van der Waals surface area contributed by atoms with Crippen molar-refractivity contribution in [2.45, 2.75) is 0 Å². The first-order valence-corrected chi connectivity index (χ1v) is 19.2. The number of para-hydroxylation sites is 1. The lowest BCUT2D eigenvalue weighted by Gasteiger charge is -2.27. The molecule has 0 fully saturated rings. The molecule has 0 N–H and O–H groups in total. The van der Waals surface area contributed by atoms with Crippen molar-refractivity contribution in [3.05, 3.63) is 231 Å². The zero-order valence-electron chi connectivity index (χ0n) is 30.8. The average Bonchev–Trinajstić information content (AvgIpc) is 3.63. The molecule has 0 aliphatic heterocycles. The van der Waals surface area contributed by atoms with Crippen molar-refractivity contribution < 1.29 is 0 Å². The van der Waals surface area contributed by atoms with Gasteiger partial charge in [0, 0.05) is 27.8 Å². The molecule has 0 aliphatic carbocycles. The molecule has 0 saturated carbocycles. The second kappa shape index (κ2) is 14.4. The molecule has 10 rings (SSSR count). The Bertz CT molecular complexity index is 2910. The fourth-order valence-corrected chi connectivity index (χ4v) is 8.07. The van der Waals surface area contributed by atoms with E-state index in [1.54, 1.807) is 0 Å². The second-order valence-corrected chi connectivity index (χ2v) is 14.2. The van der Waals surface area contributed by atoms with Crippen molar-refractivity contribution >= 4 is 38.9 Å². The van der Waals surface area contributed by atoms with Crippen LogP contribution in [0.25, 0.3) is 72.0 Å².